The maximum atomic E-state index is 5.73. The molecule has 1 aromatic carbocycles. The summed E-state index contributed by atoms with van der Waals surface area (Å²) in [7, 11) is 0. The van der Waals surface area contributed by atoms with Crippen molar-refractivity contribution >= 4 is 37.7 Å². The lowest BCUT2D eigenvalue weighted by Crippen LogP contribution is -1.81. The molecule has 19 heavy (non-hydrogen) atoms. The van der Waals surface area contributed by atoms with E-state index in [0.29, 0.717) is 5.13 Å². The molecule has 3 N–H and O–H groups in total. The van der Waals surface area contributed by atoms with Crippen LogP contribution in [0.2, 0.25) is 0 Å². The molecular weight excluding hydrogens is 256 g/mol. The van der Waals surface area contributed by atoms with Gasteiger partial charge in [0.15, 0.2) is 5.13 Å². The predicted octanol–water partition coefficient (Wildman–Crippen LogP) is 3.42. The van der Waals surface area contributed by atoms with Gasteiger partial charge in [0, 0.05) is 23.3 Å². The number of fused-ring (bicyclic) bond motifs is 2. The van der Waals surface area contributed by atoms with Crippen LogP contribution in [-0.2, 0) is 0 Å². The average Bonchev–Trinajstić information content (AvgIpc) is 3.01. The predicted molar refractivity (Wildman–Crippen MR) is 79.1 cm³/mol. The summed E-state index contributed by atoms with van der Waals surface area (Å²) in [6, 6.07) is 10.3. The van der Waals surface area contributed by atoms with Gasteiger partial charge < -0.3 is 10.7 Å². The van der Waals surface area contributed by atoms with Crippen LogP contribution >= 0.6 is 11.3 Å². The lowest BCUT2D eigenvalue weighted by molar-refractivity contribution is 1.33. The fraction of sp³-hybridized carbons (Fsp3) is 0. The van der Waals surface area contributed by atoms with E-state index >= 15 is 0 Å². The highest BCUT2D eigenvalue weighted by molar-refractivity contribution is 7.22. The Morgan fingerprint density at radius 2 is 2.05 bits per heavy atom. The Bertz CT molecular complexity index is 891. The van der Waals surface area contributed by atoms with Crippen molar-refractivity contribution in [1.82, 2.24) is 15.0 Å². The van der Waals surface area contributed by atoms with Crippen molar-refractivity contribution in [3.63, 3.8) is 0 Å². The van der Waals surface area contributed by atoms with Gasteiger partial charge in [0.1, 0.15) is 5.65 Å². The van der Waals surface area contributed by atoms with Crippen LogP contribution in [0.5, 0.6) is 0 Å². The van der Waals surface area contributed by atoms with Gasteiger partial charge in [0.25, 0.3) is 0 Å². The number of nitrogens with two attached hydrogens (primary N) is 1. The zero-order valence-electron chi connectivity index (χ0n) is 9.92. The second-order valence-corrected chi connectivity index (χ2v) is 5.44. The molecule has 0 atom stereocenters. The first kappa shape index (κ1) is 10.5. The number of hydrogen-bond acceptors (Lipinski definition) is 4. The van der Waals surface area contributed by atoms with E-state index in [4.69, 9.17) is 5.73 Å². The number of nitrogens with one attached hydrogen (secondary N) is 1. The van der Waals surface area contributed by atoms with E-state index in [1.807, 2.05) is 24.5 Å². The number of rotatable bonds is 1. The molecule has 0 unspecified atom stereocenters. The van der Waals surface area contributed by atoms with Crippen LogP contribution in [0, 0.1) is 0 Å². The third kappa shape index (κ3) is 1.67. The van der Waals surface area contributed by atoms with Crippen molar-refractivity contribution < 1.29 is 0 Å². The highest BCUT2D eigenvalue weighted by Crippen LogP contribution is 2.29. The summed E-state index contributed by atoms with van der Waals surface area (Å²) in [6.07, 6.45) is 3.78. The number of pyridine rings is 1. The highest BCUT2D eigenvalue weighted by Gasteiger charge is 2.05. The first-order valence-corrected chi connectivity index (χ1v) is 6.71. The molecule has 0 aliphatic rings. The third-order valence-corrected chi connectivity index (χ3v) is 3.99. The lowest BCUT2D eigenvalue weighted by Gasteiger charge is -2.01. The minimum absolute atomic E-state index is 0.603. The monoisotopic (exact) mass is 266 g/mol. The van der Waals surface area contributed by atoms with Gasteiger partial charge in [-0.05, 0) is 29.8 Å². The standard InChI is InChI=1S/C14H10N4S/c15-14-18-11-2-1-8(6-12(11)19-14)10-5-9-3-4-16-13(9)17-7-10/h1-7H,(H2,15,18)(H,16,17). The van der Waals surface area contributed by atoms with Crippen molar-refractivity contribution in [2.45, 2.75) is 0 Å². The maximum absolute atomic E-state index is 5.73. The molecule has 0 radical (unpaired) electrons. The molecule has 0 saturated heterocycles. The molecule has 92 valence electrons. The van der Waals surface area contributed by atoms with E-state index in [1.54, 1.807) is 0 Å². The molecule has 0 amide bonds. The Morgan fingerprint density at radius 1 is 1.11 bits per heavy atom. The largest absolute Gasteiger partial charge is 0.375 e. The first-order valence-electron chi connectivity index (χ1n) is 5.89. The molecule has 0 bridgehead atoms. The molecule has 4 rings (SSSR count). The molecular formula is C14H10N4S. The van der Waals surface area contributed by atoms with Crippen LogP contribution in [0.15, 0.2) is 42.7 Å². The summed E-state index contributed by atoms with van der Waals surface area (Å²) in [5.74, 6) is 0. The second kappa shape index (κ2) is 3.80. The second-order valence-electron chi connectivity index (χ2n) is 4.37. The number of anilines is 1. The first-order chi connectivity index (χ1) is 9.29. The van der Waals surface area contributed by atoms with E-state index in [1.165, 1.54) is 11.3 Å². The highest BCUT2D eigenvalue weighted by atomic mass is 32.1. The number of aromatic amines is 1. The average molecular weight is 266 g/mol. The lowest BCUT2D eigenvalue weighted by atomic mass is 10.1. The van der Waals surface area contributed by atoms with E-state index < -0.39 is 0 Å². The Kier molecular flexibility index (Phi) is 2.10. The smallest absolute Gasteiger partial charge is 0.181 e. The Labute approximate surface area is 112 Å². The van der Waals surface area contributed by atoms with Gasteiger partial charge in [-0.15, -0.1) is 0 Å². The molecule has 3 aromatic heterocycles. The van der Waals surface area contributed by atoms with Crippen LogP contribution in [0.1, 0.15) is 0 Å². The SMILES string of the molecule is Nc1nc2ccc(-c3cnc4[nH]ccc4c3)cc2s1. The number of H-pyrrole nitrogens is 1. The van der Waals surface area contributed by atoms with Crippen LogP contribution in [0.4, 0.5) is 5.13 Å². The number of aromatic nitrogens is 3. The number of thiazole rings is 1. The fourth-order valence-electron chi connectivity index (χ4n) is 2.22. The molecule has 0 spiro atoms. The molecule has 4 aromatic rings. The number of nitrogens with zero attached hydrogens (tertiary/aromatic N) is 2. The summed E-state index contributed by atoms with van der Waals surface area (Å²) in [5, 5.41) is 1.72. The summed E-state index contributed by atoms with van der Waals surface area (Å²) in [5.41, 5.74) is 9.82. The van der Waals surface area contributed by atoms with E-state index in [0.717, 1.165) is 32.4 Å². The zero-order valence-corrected chi connectivity index (χ0v) is 10.7. The van der Waals surface area contributed by atoms with Crippen LogP contribution in [0.25, 0.3) is 32.4 Å². The molecule has 0 fully saturated rings. The Hall–Kier alpha value is -2.40. The van der Waals surface area contributed by atoms with Gasteiger partial charge >= 0.3 is 0 Å². The van der Waals surface area contributed by atoms with Crippen LogP contribution in [-0.4, -0.2) is 15.0 Å². The quantitative estimate of drug-likeness (QED) is 0.554. The molecule has 5 heteroatoms. The molecule has 4 nitrogen and oxygen atoms in total. The fourth-order valence-corrected chi connectivity index (χ4v) is 2.99. The maximum Gasteiger partial charge on any atom is 0.181 e. The van der Waals surface area contributed by atoms with Crippen molar-refractivity contribution in [2.24, 2.45) is 0 Å². The summed E-state index contributed by atoms with van der Waals surface area (Å²) < 4.78 is 1.10. The van der Waals surface area contributed by atoms with Gasteiger partial charge in [0.05, 0.1) is 10.2 Å². The Morgan fingerprint density at radius 3 is 3.00 bits per heavy atom. The van der Waals surface area contributed by atoms with E-state index in [-0.39, 0.29) is 0 Å². The van der Waals surface area contributed by atoms with Gasteiger partial charge in [0.2, 0.25) is 0 Å². The van der Waals surface area contributed by atoms with Crippen molar-refractivity contribution in [1.29, 1.82) is 0 Å². The number of hydrogen-bond donors (Lipinski definition) is 2. The molecule has 0 aliphatic carbocycles. The van der Waals surface area contributed by atoms with Crippen LogP contribution in [0.3, 0.4) is 0 Å². The molecule has 3 heterocycles. The van der Waals surface area contributed by atoms with E-state index in [9.17, 15) is 0 Å². The Balaban J connectivity index is 1.91. The van der Waals surface area contributed by atoms with Crippen molar-refractivity contribution in [3.8, 4) is 11.1 Å². The van der Waals surface area contributed by atoms with Crippen molar-refractivity contribution in [3.05, 3.63) is 42.7 Å². The van der Waals surface area contributed by atoms with Gasteiger partial charge in [-0.3, -0.25) is 0 Å². The third-order valence-electron chi connectivity index (χ3n) is 3.14. The van der Waals surface area contributed by atoms with Gasteiger partial charge in [-0.2, -0.15) is 0 Å². The molecule has 0 aliphatic heterocycles. The van der Waals surface area contributed by atoms with Crippen molar-refractivity contribution in [2.75, 3.05) is 5.73 Å². The van der Waals surface area contributed by atoms with Crippen LogP contribution < -0.4 is 5.73 Å². The minimum atomic E-state index is 0.603. The molecule has 0 saturated carbocycles. The minimum Gasteiger partial charge on any atom is -0.375 e. The van der Waals surface area contributed by atoms with Gasteiger partial charge in [-0.25, -0.2) is 9.97 Å². The zero-order chi connectivity index (χ0) is 12.8. The normalized spacial score (nSPS) is 11.4. The topological polar surface area (TPSA) is 67.6 Å². The number of nitrogen functional groups attached to an aromatic ring is 1. The number of benzene rings is 1. The summed E-state index contributed by atoms with van der Waals surface area (Å²) >= 11 is 1.51. The summed E-state index contributed by atoms with van der Waals surface area (Å²) in [4.78, 5) is 11.8. The summed E-state index contributed by atoms with van der Waals surface area (Å²) in [6.45, 7) is 0. The van der Waals surface area contributed by atoms with Gasteiger partial charge in [-0.1, -0.05) is 17.4 Å². The van der Waals surface area contributed by atoms with E-state index in [2.05, 4.69) is 33.2 Å².